The van der Waals surface area contributed by atoms with Crippen molar-refractivity contribution >= 4 is 11.5 Å². The van der Waals surface area contributed by atoms with Crippen LogP contribution in [-0.2, 0) is 4.79 Å². The Bertz CT molecular complexity index is 367. The van der Waals surface area contributed by atoms with Crippen LogP contribution in [0, 0.1) is 0 Å². The molecule has 0 aliphatic rings. The molecule has 0 fully saturated rings. The van der Waals surface area contributed by atoms with E-state index in [1.165, 1.54) is 0 Å². The number of hydrogen-bond donors (Lipinski definition) is 1. The van der Waals surface area contributed by atoms with Crippen molar-refractivity contribution in [3.63, 3.8) is 0 Å². The minimum Gasteiger partial charge on any atom is -0.496 e. The number of aliphatic carboxylic acids is 1. The topological polar surface area (TPSA) is 46.5 Å². The molecule has 3 heteroatoms. The maximum atomic E-state index is 10.5. The van der Waals surface area contributed by atoms with Crippen molar-refractivity contribution in [2.45, 2.75) is 6.92 Å². The van der Waals surface area contributed by atoms with Crippen LogP contribution in [0.4, 0.5) is 0 Å². The lowest BCUT2D eigenvalue weighted by atomic mass is 10.1. The monoisotopic (exact) mass is 192 g/mol. The van der Waals surface area contributed by atoms with Gasteiger partial charge in [0.15, 0.2) is 0 Å². The van der Waals surface area contributed by atoms with Crippen LogP contribution in [0.1, 0.15) is 12.5 Å². The maximum absolute atomic E-state index is 10.5. The Balaban J connectivity index is 3.11. The lowest BCUT2D eigenvalue weighted by Crippen LogP contribution is -1.93. The standard InChI is InChI=1S/C11H12O3/c1-8(7-11(12)13)9-5-3-4-6-10(9)14-2/h3-7H,1-2H3,(H,12,13). The summed E-state index contributed by atoms with van der Waals surface area (Å²) in [6.07, 6.45) is 1.16. The SMILES string of the molecule is COc1ccccc1C(C)=CC(=O)O. The van der Waals surface area contributed by atoms with Crippen molar-refractivity contribution < 1.29 is 14.6 Å². The molecule has 14 heavy (non-hydrogen) atoms. The third-order valence-corrected chi connectivity index (χ3v) is 1.87. The van der Waals surface area contributed by atoms with Crippen molar-refractivity contribution in [1.82, 2.24) is 0 Å². The molecule has 3 nitrogen and oxygen atoms in total. The molecular weight excluding hydrogens is 180 g/mol. The van der Waals surface area contributed by atoms with E-state index in [0.29, 0.717) is 11.3 Å². The van der Waals surface area contributed by atoms with Crippen LogP contribution in [0.15, 0.2) is 30.3 Å². The van der Waals surface area contributed by atoms with Crippen LogP contribution < -0.4 is 4.74 Å². The van der Waals surface area contributed by atoms with E-state index in [2.05, 4.69) is 0 Å². The van der Waals surface area contributed by atoms with Crippen LogP contribution in [0.2, 0.25) is 0 Å². The van der Waals surface area contributed by atoms with Crippen molar-refractivity contribution in [1.29, 1.82) is 0 Å². The van der Waals surface area contributed by atoms with E-state index < -0.39 is 5.97 Å². The minimum absolute atomic E-state index is 0.676. The zero-order valence-corrected chi connectivity index (χ0v) is 8.15. The number of hydrogen-bond acceptors (Lipinski definition) is 2. The van der Waals surface area contributed by atoms with Gasteiger partial charge >= 0.3 is 5.97 Å². The molecule has 0 amide bonds. The van der Waals surface area contributed by atoms with Crippen LogP contribution in [0.3, 0.4) is 0 Å². The van der Waals surface area contributed by atoms with Gasteiger partial charge < -0.3 is 9.84 Å². The summed E-state index contributed by atoms with van der Waals surface area (Å²) in [5, 5.41) is 8.59. The second-order valence-electron chi connectivity index (χ2n) is 2.87. The first-order valence-electron chi connectivity index (χ1n) is 4.19. The molecule has 0 atom stereocenters. The Kier molecular flexibility index (Phi) is 3.29. The number of allylic oxidation sites excluding steroid dienone is 1. The molecule has 1 aromatic rings. The quantitative estimate of drug-likeness (QED) is 0.746. The van der Waals surface area contributed by atoms with Crippen molar-refractivity contribution in [2.75, 3.05) is 7.11 Å². The number of carboxylic acids is 1. The Labute approximate surface area is 82.6 Å². The molecule has 0 radical (unpaired) electrons. The fourth-order valence-corrected chi connectivity index (χ4v) is 1.23. The van der Waals surface area contributed by atoms with Crippen molar-refractivity contribution in [3.8, 4) is 5.75 Å². The summed E-state index contributed by atoms with van der Waals surface area (Å²) < 4.78 is 5.11. The number of carbonyl (C=O) groups is 1. The van der Waals surface area contributed by atoms with E-state index in [4.69, 9.17) is 9.84 Å². The zero-order valence-electron chi connectivity index (χ0n) is 8.15. The number of carboxylic acid groups (broad SMARTS) is 1. The summed E-state index contributed by atoms with van der Waals surface area (Å²) in [4.78, 5) is 10.5. The second-order valence-corrected chi connectivity index (χ2v) is 2.87. The van der Waals surface area contributed by atoms with E-state index in [-0.39, 0.29) is 0 Å². The minimum atomic E-state index is -0.951. The lowest BCUT2D eigenvalue weighted by Gasteiger charge is -2.07. The van der Waals surface area contributed by atoms with Gasteiger partial charge in [-0.05, 0) is 18.6 Å². The van der Waals surface area contributed by atoms with Crippen molar-refractivity contribution in [2.24, 2.45) is 0 Å². The summed E-state index contributed by atoms with van der Waals surface area (Å²) in [7, 11) is 1.56. The smallest absolute Gasteiger partial charge is 0.328 e. The van der Waals surface area contributed by atoms with Gasteiger partial charge in [0.1, 0.15) is 5.75 Å². The van der Waals surface area contributed by atoms with Gasteiger partial charge in [0.05, 0.1) is 7.11 Å². The van der Waals surface area contributed by atoms with E-state index in [1.807, 2.05) is 18.2 Å². The summed E-state index contributed by atoms with van der Waals surface area (Å²) >= 11 is 0. The average molecular weight is 192 g/mol. The van der Waals surface area contributed by atoms with E-state index in [9.17, 15) is 4.79 Å². The van der Waals surface area contributed by atoms with Gasteiger partial charge in [0.25, 0.3) is 0 Å². The first-order valence-corrected chi connectivity index (χ1v) is 4.19. The van der Waals surface area contributed by atoms with E-state index >= 15 is 0 Å². The molecule has 0 heterocycles. The molecule has 0 unspecified atom stereocenters. The largest absolute Gasteiger partial charge is 0.496 e. The van der Waals surface area contributed by atoms with Gasteiger partial charge in [0.2, 0.25) is 0 Å². The number of rotatable bonds is 3. The van der Waals surface area contributed by atoms with E-state index in [0.717, 1.165) is 11.6 Å². The van der Waals surface area contributed by atoms with Crippen LogP contribution >= 0.6 is 0 Å². The first-order chi connectivity index (χ1) is 6.65. The Morgan fingerprint density at radius 1 is 1.43 bits per heavy atom. The Morgan fingerprint density at radius 3 is 2.64 bits per heavy atom. The van der Waals surface area contributed by atoms with Gasteiger partial charge in [-0.15, -0.1) is 0 Å². The number of para-hydroxylation sites is 1. The van der Waals surface area contributed by atoms with Crippen LogP contribution in [0.5, 0.6) is 5.75 Å². The lowest BCUT2D eigenvalue weighted by molar-refractivity contribution is -0.131. The highest BCUT2D eigenvalue weighted by Crippen LogP contribution is 2.24. The summed E-state index contributed by atoms with van der Waals surface area (Å²) in [6.45, 7) is 1.74. The average Bonchev–Trinajstić information content (AvgIpc) is 2.16. The molecule has 1 rings (SSSR count). The molecule has 1 aromatic carbocycles. The van der Waals surface area contributed by atoms with Crippen LogP contribution in [0.25, 0.3) is 5.57 Å². The van der Waals surface area contributed by atoms with Crippen molar-refractivity contribution in [3.05, 3.63) is 35.9 Å². The highest BCUT2D eigenvalue weighted by molar-refractivity contribution is 5.90. The molecule has 0 saturated heterocycles. The zero-order chi connectivity index (χ0) is 10.6. The molecule has 0 aliphatic heterocycles. The van der Waals surface area contributed by atoms with E-state index in [1.54, 1.807) is 20.1 Å². The summed E-state index contributed by atoms with van der Waals surface area (Å²) in [5.41, 5.74) is 1.48. The van der Waals surface area contributed by atoms with Gasteiger partial charge in [-0.2, -0.15) is 0 Å². The van der Waals surface area contributed by atoms with Crippen LogP contribution in [-0.4, -0.2) is 18.2 Å². The molecule has 0 bridgehead atoms. The third kappa shape index (κ3) is 2.36. The Hall–Kier alpha value is -1.77. The molecule has 0 aromatic heterocycles. The third-order valence-electron chi connectivity index (χ3n) is 1.87. The van der Waals surface area contributed by atoms with Gasteiger partial charge in [-0.25, -0.2) is 4.79 Å². The molecule has 1 N–H and O–H groups in total. The Morgan fingerprint density at radius 2 is 2.07 bits per heavy atom. The maximum Gasteiger partial charge on any atom is 0.328 e. The highest BCUT2D eigenvalue weighted by atomic mass is 16.5. The summed E-state index contributed by atoms with van der Waals surface area (Å²) in [6, 6.07) is 7.32. The number of methoxy groups -OCH3 is 1. The first kappa shape index (κ1) is 10.3. The molecule has 74 valence electrons. The second kappa shape index (κ2) is 4.46. The molecule has 0 aliphatic carbocycles. The van der Waals surface area contributed by atoms with Gasteiger partial charge in [0, 0.05) is 11.6 Å². The number of ether oxygens (including phenoxy) is 1. The predicted octanol–water partition coefficient (Wildman–Crippen LogP) is 2.18. The van der Waals surface area contributed by atoms with Gasteiger partial charge in [-0.3, -0.25) is 0 Å². The highest BCUT2D eigenvalue weighted by Gasteiger charge is 2.04. The normalized spacial score (nSPS) is 11.1. The molecular formula is C11H12O3. The fraction of sp³-hybridized carbons (Fsp3) is 0.182. The summed E-state index contributed by atoms with van der Waals surface area (Å²) in [5.74, 6) is -0.268. The number of benzene rings is 1. The predicted molar refractivity (Wildman–Crippen MR) is 54.3 cm³/mol. The molecule has 0 saturated carbocycles. The fourth-order valence-electron chi connectivity index (χ4n) is 1.23. The van der Waals surface area contributed by atoms with Gasteiger partial charge in [-0.1, -0.05) is 18.2 Å². The molecule has 0 spiro atoms.